The first-order valence-electron chi connectivity index (χ1n) is 14.0. The summed E-state index contributed by atoms with van der Waals surface area (Å²) < 4.78 is 6.63. The van der Waals surface area contributed by atoms with Crippen LogP contribution in [0.2, 0.25) is 0 Å². The van der Waals surface area contributed by atoms with Crippen LogP contribution in [-0.4, -0.2) is 27.0 Å². The Balaban J connectivity index is 1.28. The van der Waals surface area contributed by atoms with E-state index >= 15 is 0 Å². The molecule has 1 saturated heterocycles. The van der Waals surface area contributed by atoms with Crippen LogP contribution in [0.5, 0.6) is 5.75 Å². The van der Waals surface area contributed by atoms with Crippen LogP contribution in [-0.2, 0) is 21.9 Å². The molecule has 44 heavy (non-hydrogen) atoms. The molecule has 0 aliphatic carbocycles. The highest BCUT2D eigenvalue weighted by Crippen LogP contribution is 2.44. The second-order valence-electron chi connectivity index (χ2n) is 10.4. The van der Waals surface area contributed by atoms with Crippen molar-refractivity contribution in [3.8, 4) is 5.75 Å². The Morgan fingerprint density at radius 3 is 2.32 bits per heavy atom. The average molecular weight is 620 g/mol. The number of benzene rings is 4. The number of rotatable bonds is 9. The first kappa shape index (κ1) is 29.3. The van der Waals surface area contributed by atoms with Crippen LogP contribution in [0.4, 0.5) is 5.13 Å². The molecule has 9 heteroatoms. The predicted octanol–water partition coefficient (Wildman–Crippen LogP) is 7.65. The van der Waals surface area contributed by atoms with E-state index in [9.17, 15) is 14.7 Å². The van der Waals surface area contributed by atoms with Crippen molar-refractivity contribution in [1.29, 1.82) is 0 Å². The zero-order valence-electron chi connectivity index (χ0n) is 24.1. The molecule has 6 rings (SSSR count). The van der Waals surface area contributed by atoms with Gasteiger partial charge in [-0.1, -0.05) is 108 Å². The predicted molar refractivity (Wildman–Crippen MR) is 174 cm³/mol. The number of anilines is 1. The van der Waals surface area contributed by atoms with Gasteiger partial charge >= 0.3 is 5.91 Å². The number of amides is 1. The lowest BCUT2D eigenvalue weighted by atomic mass is 9.95. The molecule has 0 radical (unpaired) electrons. The Labute approximate surface area is 263 Å². The first-order valence-corrected chi connectivity index (χ1v) is 15.8. The summed E-state index contributed by atoms with van der Waals surface area (Å²) in [6.07, 6.45) is 0. The molecule has 4 aromatic carbocycles. The number of nitrogens with zero attached hydrogens (tertiary/aromatic N) is 3. The number of carbonyl (C=O) groups is 2. The molecule has 1 aromatic heterocycles. The number of aromatic nitrogens is 2. The zero-order chi connectivity index (χ0) is 30.6. The molecule has 0 bridgehead atoms. The summed E-state index contributed by atoms with van der Waals surface area (Å²) in [7, 11) is 0. The summed E-state index contributed by atoms with van der Waals surface area (Å²) in [5.74, 6) is -0.483. The van der Waals surface area contributed by atoms with Gasteiger partial charge in [-0.05, 0) is 60.4 Å². The van der Waals surface area contributed by atoms with Crippen molar-refractivity contribution in [3.05, 3.63) is 142 Å². The number of carbonyl (C=O) groups excluding carboxylic acids is 2. The molecule has 1 amide bonds. The number of aliphatic hydroxyl groups excluding tert-OH is 1. The van der Waals surface area contributed by atoms with Crippen LogP contribution in [0.15, 0.2) is 113 Å². The summed E-state index contributed by atoms with van der Waals surface area (Å²) in [6, 6.07) is 31.4. The van der Waals surface area contributed by atoms with Gasteiger partial charge in [-0.2, -0.15) is 0 Å². The van der Waals surface area contributed by atoms with Gasteiger partial charge < -0.3 is 9.84 Å². The van der Waals surface area contributed by atoms with Gasteiger partial charge in [-0.15, -0.1) is 10.2 Å². The maximum absolute atomic E-state index is 13.5. The molecule has 1 aliphatic heterocycles. The summed E-state index contributed by atoms with van der Waals surface area (Å²) >= 11 is 2.76. The van der Waals surface area contributed by atoms with E-state index < -0.39 is 17.7 Å². The van der Waals surface area contributed by atoms with E-state index in [1.165, 1.54) is 33.6 Å². The van der Waals surface area contributed by atoms with E-state index in [2.05, 4.69) is 34.5 Å². The molecular formula is C35H29N3O4S2. The Kier molecular flexibility index (Phi) is 8.58. The number of hydrogen-bond donors (Lipinski definition) is 1. The van der Waals surface area contributed by atoms with Gasteiger partial charge in [-0.3, -0.25) is 14.5 Å². The monoisotopic (exact) mass is 619 g/mol. The smallest absolute Gasteiger partial charge is 0.301 e. The van der Waals surface area contributed by atoms with Crippen LogP contribution < -0.4 is 9.64 Å². The number of thioether (sulfide) groups is 1. The minimum absolute atomic E-state index is 0.00108. The van der Waals surface area contributed by atoms with Gasteiger partial charge in [0.15, 0.2) is 4.34 Å². The number of Topliss-reactive ketones (excluding diaryl/α,β-unsaturated/α-hetero) is 1. The van der Waals surface area contributed by atoms with E-state index in [-0.39, 0.29) is 11.3 Å². The molecule has 0 spiro atoms. The second kappa shape index (κ2) is 12.9. The topological polar surface area (TPSA) is 92.6 Å². The van der Waals surface area contributed by atoms with Crippen LogP contribution in [0.3, 0.4) is 0 Å². The highest BCUT2D eigenvalue weighted by atomic mass is 32.2. The maximum Gasteiger partial charge on any atom is 0.301 e. The van der Waals surface area contributed by atoms with Crippen molar-refractivity contribution in [2.24, 2.45) is 0 Å². The molecule has 1 atom stereocenters. The molecule has 1 fully saturated rings. The second-order valence-corrected chi connectivity index (χ2v) is 12.6. The van der Waals surface area contributed by atoms with Crippen molar-refractivity contribution in [1.82, 2.24) is 10.2 Å². The number of aliphatic hydroxyl groups is 1. The quantitative estimate of drug-likeness (QED) is 0.0596. The lowest BCUT2D eigenvalue weighted by Crippen LogP contribution is -2.29. The largest absolute Gasteiger partial charge is 0.507 e. The third-order valence-electron chi connectivity index (χ3n) is 7.43. The van der Waals surface area contributed by atoms with Gasteiger partial charge in [0.25, 0.3) is 5.78 Å². The molecule has 220 valence electrons. The normalized spacial score (nSPS) is 16.0. The van der Waals surface area contributed by atoms with E-state index in [0.717, 1.165) is 16.7 Å². The molecule has 0 saturated carbocycles. The van der Waals surface area contributed by atoms with Crippen molar-refractivity contribution in [3.63, 3.8) is 0 Å². The molecule has 2 heterocycles. The SMILES string of the molecule is Cc1ccc(CSc2nnc(N3C(=O)C(=O)C(=C(O)c4ccc(OCc5ccccc5C)cc4)C3c3ccccc3)s2)cc1. The van der Waals surface area contributed by atoms with Gasteiger partial charge in [0, 0.05) is 11.3 Å². The lowest BCUT2D eigenvalue weighted by molar-refractivity contribution is -0.132. The van der Waals surface area contributed by atoms with Gasteiger partial charge in [0.1, 0.15) is 18.1 Å². The van der Waals surface area contributed by atoms with Crippen molar-refractivity contribution in [2.75, 3.05) is 4.90 Å². The maximum atomic E-state index is 13.5. The summed E-state index contributed by atoms with van der Waals surface area (Å²) in [6.45, 7) is 4.48. The number of ketones is 1. The minimum atomic E-state index is -0.865. The van der Waals surface area contributed by atoms with Crippen molar-refractivity contribution >= 4 is 45.7 Å². The fraction of sp³-hybridized carbons (Fsp3) is 0.143. The zero-order valence-corrected chi connectivity index (χ0v) is 25.8. The van der Waals surface area contributed by atoms with Crippen LogP contribution in [0.1, 0.15) is 39.4 Å². The van der Waals surface area contributed by atoms with Crippen molar-refractivity contribution in [2.45, 2.75) is 36.6 Å². The number of aryl methyl sites for hydroxylation is 2. The van der Waals surface area contributed by atoms with Gasteiger partial charge in [0.2, 0.25) is 5.13 Å². The van der Waals surface area contributed by atoms with Crippen LogP contribution >= 0.6 is 23.1 Å². The molecular weight excluding hydrogens is 591 g/mol. The molecule has 1 N–H and O–H groups in total. The van der Waals surface area contributed by atoms with E-state index in [1.54, 1.807) is 24.3 Å². The Hall–Kier alpha value is -4.73. The van der Waals surface area contributed by atoms with Crippen molar-refractivity contribution < 1.29 is 19.4 Å². The van der Waals surface area contributed by atoms with Crippen LogP contribution in [0.25, 0.3) is 5.76 Å². The van der Waals surface area contributed by atoms with E-state index in [0.29, 0.717) is 38.7 Å². The number of ether oxygens (including phenoxy) is 1. The fourth-order valence-corrected chi connectivity index (χ4v) is 6.79. The third-order valence-corrected chi connectivity index (χ3v) is 9.55. The molecule has 1 unspecified atom stereocenters. The van der Waals surface area contributed by atoms with E-state index in [4.69, 9.17) is 4.74 Å². The summed E-state index contributed by atoms with van der Waals surface area (Å²) in [5.41, 5.74) is 5.63. The fourth-order valence-electron chi connectivity index (χ4n) is 4.97. The summed E-state index contributed by atoms with van der Waals surface area (Å²) in [5, 5.41) is 20.4. The van der Waals surface area contributed by atoms with Gasteiger partial charge in [0.05, 0.1) is 11.6 Å². The minimum Gasteiger partial charge on any atom is -0.507 e. The lowest BCUT2D eigenvalue weighted by Gasteiger charge is -2.22. The Morgan fingerprint density at radius 1 is 0.886 bits per heavy atom. The molecule has 1 aliphatic rings. The number of hydrogen-bond acceptors (Lipinski definition) is 8. The first-order chi connectivity index (χ1) is 21.4. The highest BCUT2D eigenvalue weighted by Gasteiger charge is 2.48. The van der Waals surface area contributed by atoms with Crippen LogP contribution in [0, 0.1) is 13.8 Å². The van der Waals surface area contributed by atoms with E-state index in [1.807, 2.05) is 68.4 Å². The standard InChI is InChI=1S/C35H29N3O4S2/c1-22-12-14-24(15-13-22)21-43-35-37-36-34(44-35)38-30(25-9-4-3-5-10-25)29(32(40)33(38)41)31(39)26-16-18-28(19-17-26)42-20-27-11-7-6-8-23(27)2/h3-19,30,39H,20-21H2,1-2H3. The molecule has 5 aromatic rings. The summed E-state index contributed by atoms with van der Waals surface area (Å²) in [4.78, 5) is 28.4. The van der Waals surface area contributed by atoms with Gasteiger partial charge in [-0.25, -0.2) is 0 Å². The Bertz CT molecular complexity index is 1830. The third kappa shape index (κ3) is 6.15. The Morgan fingerprint density at radius 2 is 1.59 bits per heavy atom. The average Bonchev–Trinajstić information content (AvgIpc) is 3.62. The molecule has 7 nitrogen and oxygen atoms in total. The highest BCUT2D eigenvalue weighted by molar-refractivity contribution is 8.00.